The zero-order valence-electron chi connectivity index (χ0n) is 19.3. The van der Waals surface area contributed by atoms with Gasteiger partial charge in [-0.25, -0.2) is 0 Å². The molecule has 0 spiro atoms. The highest BCUT2D eigenvalue weighted by Gasteiger charge is 2.48. The predicted octanol–water partition coefficient (Wildman–Crippen LogP) is 3.06. The largest absolute Gasteiger partial charge is 0.378 e. The van der Waals surface area contributed by atoms with Crippen molar-refractivity contribution >= 4 is 5.91 Å². The number of morpholine rings is 1. The monoisotopic (exact) mass is 438 g/mol. The van der Waals surface area contributed by atoms with E-state index in [1.807, 2.05) is 15.7 Å². The summed E-state index contributed by atoms with van der Waals surface area (Å²) in [7, 11) is 0. The molecule has 5 fully saturated rings. The van der Waals surface area contributed by atoms with Crippen LogP contribution in [0.15, 0.2) is 12.7 Å². The molecule has 1 atom stereocenters. The normalized spacial score (nSPS) is 35.7. The molecule has 6 aliphatic rings. The number of fused-ring (bicyclic) bond motifs is 1. The van der Waals surface area contributed by atoms with Crippen LogP contribution in [0.25, 0.3) is 0 Å². The van der Waals surface area contributed by atoms with Gasteiger partial charge in [-0.3, -0.25) is 9.48 Å². The number of allylic oxidation sites excluding steroid dienone is 1. The molecule has 1 aromatic rings. The lowest BCUT2D eigenvalue weighted by atomic mass is 9.52. The van der Waals surface area contributed by atoms with E-state index in [2.05, 4.69) is 11.9 Å². The van der Waals surface area contributed by atoms with Gasteiger partial charge >= 0.3 is 0 Å². The molecular weight excluding hydrogens is 400 g/mol. The van der Waals surface area contributed by atoms with E-state index in [-0.39, 0.29) is 5.91 Å². The van der Waals surface area contributed by atoms with Crippen LogP contribution in [-0.4, -0.2) is 59.5 Å². The topological polar surface area (TPSA) is 59.4 Å². The molecule has 32 heavy (non-hydrogen) atoms. The third-order valence-electron chi connectivity index (χ3n) is 9.21. The molecule has 1 amide bonds. The molecule has 4 bridgehead atoms. The minimum absolute atomic E-state index is 0.0778. The third-order valence-corrected chi connectivity index (χ3v) is 9.21. The minimum Gasteiger partial charge on any atom is -0.378 e. The fraction of sp³-hybridized carbons (Fsp3) is 0.769. The number of carbonyl (C=O) groups is 1. The second-order valence-corrected chi connectivity index (χ2v) is 11.1. The Kier molecular flexibility index (Phi) is 5.62. The summed E-state index contributed by atoms with van der Waals surface area (Å²) in [6.07, 6.45) is 12.4. The molecular formula is C26H38N4O2. The highest BCUT2D eigenvalue weighted by molar-refractivity contribution is 5.94. The van der Waals surface area contributed by atoms with Gasteiger partial charge in [0.25, 0.3) is 5.91 Å². The van der Waals surface area contributed by atoms with Crippen molar-refractivity contribution in [3.05, 3.63) is 29.6 Å². The van der Waals surface area contributed by atoms with Crippen molar-refractivity contribution in [2.24, 2.45) is 29.6 Å². The number of carbonyl (C=O) groups excluding carboxylic acids is 1. The highest BCUT2D eigenvalue weighted by Crippen LogP contribution is 2.56. The van der Waals surface area contributed by atoms with E-state index in [0.717, 1.165) is 48.9 Å². The van der Waals surface area contributed by atoms with Crippen molar-refractivity contribution in [1.29, 1.82) is 0 Å². The summed E-state index contributed by atoms with van der Waals surface area (Å²) in [5.74, 6) is 4.96. The van der Waals surface area contributed by atoms with E-state index in [9.17, 15) is 4.79 Å². The first kappa shape index (κ1) is 20.9. The molecule has 0 radical (unpaired) electrons. The van der Waals surface area contributed by atoms with Crippen LogP contribution < -0.4 is 5.32 Å². The van der Waals surface area contributed by atoms with Crippen LogP contribution in [0.4, 0.5) is 0 Å². The Bertz CT molecular complexity index is 843. The molecule has 6 heteroatoms. The summed E-state index contributed by atoms with van der Waals surface area (Å²) in [5, 5.41) is 8.76. The van der Waals surface area contributed by atoms with Gasteiger partial charge in [-0.15, -0.1) is 6.58 Å². The van der Waals surface area contributed by atoms with Crippen LogP contribution in [0.5, 0.6) is 0 Å². The van der Waals surface area contributed by atoms with Gasteiger partial charge in [-0.2, -0.15) is 5.10 Å². The number of nitrogens with one attached hydrogen (secondary N) is 1. The van der Waals surface area contributed by atoms with Crippen LogP contribution in [0.1, 0.15) is 60.3 Å². The molecule has 1 N–H and O–H groups in total. The number of aromatic nitrogens is 2. The lowest BCUT2D eigenvalue weighted by Crippen LogP contribution is -2.50. The van der Waals surface area contributed by atoms with Crippen LogP contribution >= 0.6 is 0 Å². The molecule has 0 unspecified atom stereocenters. The maximum atomic E-state index is 13.3. The average Bonchev–Trinajstić information content (AvgIpc) is 3.16. The lowest BCUT2D eigenvalue weighted by Gasteiger charge is -2.54. The molecule has 1 saturated heterocycles. The summed E-state index contributed by atoms with van der Waals surface area (Å²) < 4.78 is 7.46. The first-order valence-electron chi connectivity index (χ1n) is 13.0. The van der Waals surface area contributed by atoms with Gasteiger partial charge in [0, 0.05) is 30.4 Å². The van der Waals surface area contributed by atoms with E-state index in [1.54, 1.807) is 0 Å². The molecule has 6 nitrogen and oxygen atoms in total. The number of nitrogens with zero attached hydrogens (tertiary/aromatic N) is 3. The van der Waals surface area contributed by atoms with E-state index in [4.69, 9.17) is 9.84 Å². The maximum Gasteiger partial charge on any atom is 0.274 e. The van der Waals surface area contributed by atoms with Crippen molar-refractivity contribution < 1.29 is 9.53 Å². The minimum atomic E-state index is 0.0778. The third kappa shape index (κ3) is 3.73. The van der Waals surface area contributed by atoms with Crippen LogP contribution in [0, 0.1) is 29.6 Å². The van der Waals surface area contributed by atoms with Gasteiger partial charge in [-0.05, 0) is 87.5 Å². The summed E-state index contributed by atoms with van der Waals surface area (Å²) in [5.41, 5.74) is 3.09. The Morgan fingerprint density at radius 3 is 2.53 bits per heavy atom. The molecule has 5 aliphatic carbocycles. The molecule has 1 aromatic heterocycles. The smallest absolute Gasteiger partial charge is 0.274 e. The summed E-state index contributed by atoms with van der Waals surface area (Å²) in [6, 6.07) is 0.456. The van der Waals surface area contributed by atoms with Crippen molar-refractivity contribution in [2.45, 2.75) is 64.0 Å². The number of amides is 1. The van der Waals surface area contributed by atoms with Gasteiger partial charge < -0.3 is 15.0 Å². The Balaban J connectivity index is 1.16. The zero-order valence-corrected chi connectivity index (χ0v) is 19.3. The fourth-order valence-electron chi connectivity index (χ4n) is 7.90. The molecule has 2 heterocycles. The van der Waals surface area contributed by atoms with Crippen molar-refractivity contribution in [3.63, 3.8) is 0 Å². The number of hydrogen-bond donors (Lipinski definition) is 1. The Hall–Kier alpha value is -1.66. The summed E-state index contributed by atoms with van der Waals surface area (Å²) >= 11 is 0. The quantitative estimate of drug-likeness (QED) is 0.694. The van der Waals surface area contributed by atoms with Crippen LogP contribution in [-0.2, 0) is 24.1 Å². The highest BCUT2D eigenvalue weighted by atomic mass is 16.5. The second kappa shape index (κ2) is 8.60. The van der Waals surface area contributed by atoms with Crippen LogP contribution in [0.3, 0.4) is 0 Å². The fourth-order valence-corrected chi connectivity index (χ4v) is 7.90. The Labute approximate surface area is 191 Å². The van der Waals surface area contributed by atoms with Gasteiger partial charge in [0.05, 0.1) is 19.8 Å². The van der Waals surface area contributed by atoms with E-state index in [0.29, 0.717) is 44.6 Å². The molecule has 4 saturated carbocycles. The summed E-state index contributed by atoms with van der Waals surface area (Å²) in [6.45, 7) is 8.31. The van der Waals surface area contributed by atoms with Gasteiger partial charge in [0.2, 0.25) is 0 Å². The van der Waals surface area contributed by atoms with E-state index in [1.165, 1.54) is 49.9 Å². The molecule has 7 rings (SSSR count). The van der Waals surface area contributed by atoms with Gasteiger partial charge in [0.1, 0.15) is 0 Å². The van der Waals surface area contributed by atoms with Crippen molar-refractivity contribution in [1.82, 2.24) is 20.0 Å². The first-order valence-corrected chi connectivity index (χ1v) is 13.0. The molecule has 1 aliphatic heterocycles. The van der Waals surface area contributed by atoms with E-state index < -0.39 is 0 Å². The Morgan fingerprint density at radius 2 is 1.84 bits per heavy atom. The molecule has 174 valence electrons. The average molecular weight is 439 g/mol. The number of ether oxygens (including phenoxy) is 1. The number of hydrogen-bond acceptors (Lipinski definition) is 4. The Morgan fingerprint density at radius 1 is 1.12 bits per heavy atom. The lowest BCUT2D eigenvalue weighted by molar-refractivity contribution is -0.0364. The predicted molar refractivity (Wildman–Crippen MR) is 123 cm³/mol. The molecule has 0 aromatic carbocycles. The van der Waals surface area contributed by atoms with Gasteiger partial charge in [0.15, 0.2) is 5.69 Å². The standard InChI is InChI=1S/C26H38N4O2/c1-2-5-30-24-4-3-21(15-22(24)25(28-30)26(31)29-6-8-32-9-7-29)27-16-23-19-11-17-10-18(13-19)14-20(23)12-17/h2,17-21,23,27H,1,3-16H2/t17?,18?,19?,20?,21-,23?/m0/s1. The first-order chi connectivity index (χ1) is 15.7. The van der Waals surface area contributed by atoms with Crippen molar-refractivity contribution in [2.75, 3.05) is 32.8 Å². The van der Waals surface area contributed by atoms with Gasteiger partial charge in [-0.1, -0.05) is 6.08 Å². The van der Waals surface area contributed by atoms with E-state index >= 15 is 0 Å². The SMILES string of the molecule is C=CCn1nc(C(=O)N2CCOCC2)c2c1CC[C@H](NCC1C3CC4CC(C3)CC1C4)C2. The second-order valence-electron chi connectivity index (χ2n) is 11.1. The summed E-state index contributed by atoms with van der Waals surface area (Å²) in [4.78, 5) is 15.2. The zero-order chi connectivity index (χ0) is 21.7. The number of rotatable bonds is 6. The maximum absolute atomic E-state index is 13.3. The van der Waals surface area contributed by atoms with Crippen molar-refractivity contribution in [3.8, 4) is 0 Å². The van der Waals surface area contributed by atoms with Crippen LogP contribution in [0.2, 0.25) is 0 Å².